The van der Waals surface area contributed by atoms with Crippen LogP contribution in [0.4, 0.5) is 0 Å². The standard InChI is InChI=1S/C13H24N2O3/c1-9(2)8-11(13(17)18-3)15-7-5-4-6-10(14)12(15)16/h9-11H,4-8,14H2,1-3H3/t10-,11+/m0/s1. The van der Waals surface area contributed by atoms with Gasteiger partial charge in [-0.25, -0.2) is 4.79 Å². The minimum Gasteiger partial charge on any atom is -0.467 e. The molecule has 1 aliphatic heterocycles. The van der Waals surface area contributed by atoms with Gasteiger partial charge in [0.2, 0.25) is 5.91 Å². The van der Waals surface area contributed by atoms with Crippen LogP contribution in [0.15, 0.2) is 0 Å². The molecule has 0 saturated carbocycles. The van der Waals surface area contributed by atoms with Gasteiger partial charge in [0, 0.05) is 6.54 Å². The average Bonchev–Trinajstić information content (AvgIpc) is 2.49. The van der Waals surface area contributed by atoms with E-state index in [2.05, 4.69) is 0 Å². The highest BCUT2D eigenvalue weighted by molar-refractivity contribution is 5.87. The maximum atomic E-state index is 12.2. The average molecular weight is 256 g/mol. The maximum absolute atomic E-state index is 12.2. The lowest BCUT2D eigenvalue weighted by atomic mass is 10.0. The molecule has 0 radical (unpaired) electrons. The fraction of sp³-hybridized carbons (Fsp3) is 0.846. The van der Waals surface area contributed by atoms with Gasteiger partial charge in [0.15, 0.2) is 0 Å². The summed E-state index contributed by atoms with van der Waals surface area (Å²) in [5, 5.41) is 0. The van der Waals surface area contributed by atoms with Crippen LogP contribution in [0.1, 0.15) is 39.5 Å². The summed E-state index contributed by atoms with van der Waals surface area (Å²) in [6, 6.07) is -0.974. The van der Waals surface area contributed by atoms with Crippen molar-refractivity contribution in [2.75, 3.05) is 13.7 Å². The van der Waals surface area contributed by atoms with E-state index in [-0.39, 0.29) is 11.9 Å². The van der Waals surface area contributed by atoms with E-state index in [0.717, 1.165) is 12.8 Å². The van der Waals surface area contributed by atoms with Crippen LogP contribution < -0.4 is 5.73 Å². The molecule has 0 bridgehead atoms. The topological polar surface area (TPSA) is 72.6 Å². The molecule has 0 aromatic rings. The highest BCUT2D eigenvalue weighted by Crippen LogP contribution is 2.19. The number of esters is 1. The number of nitrogens with two attached hydrogens (primary N) is 1. The summed E-state index contributed by atoms with van der Waals surface area (Å²) in [5.74, 6) is -0.143. The lowest BCUT2D eigenvalue weighted by molar-refractivity contribution is -0.153. The van der Waals surface area contributed by atoms with Gasteiger partial charge in [-0.05, 0) is 31.6 Å². The Morgan fingerprint density at radius 2 is 2.17 bits per heavy atom. The van der Waals surface area contributed by atoms with Crippen LogP contribution in [0.2, 0.25) is 0 Å². The van der Waals surface area contributed by atoms with Crippen LogP contribution in [0.5, 0.6) is 0 Å². The Kier molecular flexibility index (Phi) is 5.59. The van der Waals surface area contributed by atoms with E-state index in [1.165, 1.54) is 7.11 Å². The van der Waals surface area contributed by atoms with E-state index in [9.17, 15) is 9.59 Å². The summed E-state index contributed by atoms with van der Waals surface area (Å²) in [6.45, 7) is 4.65. The number of likely N-dealkylation sites (tertiary alicyclic amines) is 1. The first-order valence-corrected chi connectivity index (χ1v) is 6.61. The van der Waals surface area contributed by atoms with Crippen LogP contribution in [-0.2, 0) is 14.3 Å². The Labute approximate surface area is 109 Å². The molecular weight excluding hydrogens is 232 g/mol. The Hall–Kier alpha value is -1.10. The summed E-state index contributed by atoms with van der Waals surface area (Å²) in [7, 11) is 1.36. The monoisotopic (exact) mass is 256 g/mol. The van der Waals surface area contributed by atoms with Crippen molar-refractivity contribution in [3.63, 3.8) is 0 Å². The van der Waals surface area contributed by atoms with Crippen molar-refractivity contribution >= 4 is 11.9 Å². The summed E-state index contributed by atoms with van der Waals surface area (Å²) in [5.41, 5.74) is 5.84. The van der Waals surface area contributed by atoms with Crippen molar-refractivity contribution in [2.45, 2.75) is 51.6 Å². The van der Waals surface area contributed by atoms with E-state index in [1.54, 1.807) is 4.90 Å². The second kappa shape index (κ2) is 6.73. The third kappa shape index (κ3) is 3.70. The molecule has 5 nitrogen and oxygen atoms in total. The highest BCUT2D eigenvalue weighted by Gasteiger charge is 2.34. The number of carbonyl (C=O) groups excluding carboxylic acids is 2. The zero-order chi connectivity index (χ0) is 13.7. The molecular formula is C13H24N2O3. The van der Waals surface area contributed by atoms with Gasteiger partial charge in [0.05, 0.1) is 13.2 Å². The fourth-order valence-corrected chi connectivity index (χ4v) is 2.34. The smallest absolute Gasteiger partial charge is 0.328 e. The van der Waals surface area contributed by atoms with Crippen LogP contribution >= 0.6 is 0 Å². The van der Waals surface area contributed by atoms with E-state index in [1.807, 2.05) is 13.8 Å². The molecule has 0 unspecified atom stereocenters. The Morgan fingerprint density at radius 1 is 1.50 bits per heavy atom. The van der Waals surface area contributed by atoms with Crippen LogP contribution in [0, 0.1) is 5.92 Å². The summed E-state index contributed by atoms with van der Waals surface area (Å²) in [4.78, 5) is 25.7. The fourth-order valence-electron chi connectivity index (χ4n) is 2.34. The molecule has 1 heterocycles. The minimum absolute atomic E-state index is 0.122. The van der Waals surface area contributed by atoms with Crippen LogP contribution in [0.3, 0.4) is 0 Å². The van der Waals surface area contributed by atoms with Crippen LogP contribution in [-0.4, -0.2) is 42.5 Å². The normalized spacial score (nSPS) is 22.8. The Morgan fingerprint density at radius 3 is 2.72 bits per heavy atom. The van der Waals surface area contributed by atoms with E-state index < -0.39 is 12.1 Å². The second-order valence-electron chi connectivity index (χ2n) is 5.30. The summed E-state index contributed by atoms with van der Waals surface area (Å²) < 4.78 is 4.82. The van der Waals surface area contributed by atoms with Crippen LogP contribution in [0.25, 0.3) is 0 Å². The van der Waals surface area contributed by atoms with Crippen molar-refractivity contribution in [3.05, 3.63) is 0 Å². The van der Waals surface area contributed by atoms with Gasteiger partial charge >= 0.3 is 5.97 Å². The van der Waals surface area contributed by atoms with Crippen molar-refractivity contribution in [1.82, 2.24) is 4.90 Å². The van der Waals surface area contributed by atoms with E-state index in [0.29, 0.717) is 25.3 Å². The summed E-state index contributed by atoms with van der Waals surface area (Å²) in [6.07, 6.45) is 3.14. The molecule has 1 rings (SSSR count). The summed E-state index contributed by atoms with van der Waals surface area (Å²) >= 11 is 0. The molecule has 0 spiro atoms. The largest absolute Gasteiger partial charge is 0.467 e. The molecule has 2 N–H and O–H groups in total. The molecule has 0 aromatic heterocycles. The third-order valence-electron chi connectivity index (χ3n) is 3.31. The van der Waals surface area contributed by atoms with Gasteiger partial charge in [-0.2, -0.15) is 0 Å². The van der Waals surface area contributed by atoms with Gasteiger partial charge in [-0.1, -0.05) is 13.8 Å². The predicted octanol–water partition coefficient (Wildman–Crippen LogP) is 0.914. The van der Waals surface area contributed by atoms with Crippen molar-refractivity contribution in [2.24, 2.45) is 11.7 Å². The highest BCUT2D eigenvalue weighted by atomic mass is 16.5. The van der Waals surface area contributed by atoms with Crippen molar-refractivity contribution in [3.8, 4) is 0 Å². The molecule has 5 heteroatoms. The number of nitrogens with zero attached hydrogens (tertiary/aromatic N) is 1. The molecule has 2 atom stereocenters. The van der Waals surface area contributed by atoms with Gasteiger partial charge in [-0.15, -0.1) is 0 Å². The number of ether oxygens (including phenoxy) is 1. The zero-order valence-corrected chi connectivity index (χ0v) is 11.5. The van der Waals surface area contributed by atoms with E-state index in [4.69, 9.17) is 10.5 Å². The first kappa shape index (κ1) is 15.0. The van der Waals surface area contributed by atoms with Crippen molar-refractivity contribution < 1.29 is 14.3 Å². The molecule has 0 aliphatic carbocycles. The van der Waals surface area contributed by atoms with E-state index >= 15 is 0 Å². The molecule has 18 heavy (non-hydrogen) atoms. The Bertz CT molecular complexity index is 305. The lowest BCUT2D eigenvalue weighted by Crippen LogP contribution is -2.51. The maximum Gasteiger partial charge on any atom is 0.328 e. The predicted molar refractivity (Wildman–Crippen MR) is 68.8 cm³/mol. The van der Waals surface area contributed by atoms with Crippen molar-refractivity contribution in [1.29, 1.82) is 0 Å². The number of hydrogen-bond acceptors (Lipinski definition) is 4. The number of carbonyl (C=O) groups is 2. The van der Waals surface area contributed by atoms with Gasteiger partial charge in [0.25, 0.3) is 0 Å². The molecule has 1 fully saturated rings. The molecule has 104 valence electrons. The van der Waals surface area contributed by atoms with Gasteiger partial charge in [-0.3, -0.25) is 4.79 Å². The molecule has 1 aliphatic rings. The first-order chi connectivity index (χ1) is 8.47. The minimum atomic E-state index is -0.494. The molecule has 0 aromatic carbocycles. The Balaban J connectivity index is 2.87. The SMILES string of the molecule is COC(=O)[C@@H](CC(C)C)N1CCCC[C@H](N)C1=O. The molecule has 1 amide bonds. The molecule has 1 saturated heterocycles. The van der Waals surface area contributed by atoms with Gasteiger partial charge in [0.1, 0.15) is 6.04 Å². The zero-order valence-electron chi connectivity index (χ0n) is 11.5. The second-order valence-corrected chi connectivity index (χ2v) is 5.30. The number of amides is 1. The number of rotatable bonds is 4. The number of hydrogen-bond donors (Lipinski definition) is 1. The quantitative estimate of drug-likeness (QED) is 0.759. The lowest BCUT2D eigenvalue weighted by Gasteiger charge is -2.31. The first-order valence-electron chi connectivity index (χ1n) is 6.61. The number of methoxy groups -OCH3 is 1. The van der Waals surface area contributed by atoms with Gasteiger partial charge < -0.3 is 15.4 Å². The third-order valence-corrected chi connectivity index (χ3v) is 3.31.